The molecular weight excluding hydrogens is 448 g/mol. The second-order valence-electron chi connectivity index (χ2n) is 9.82. The van der Waals surface area contributed by atoms with Crippen LogP contribution in [0.15, 0.2) is 72.8 Å². The molecule has 0 radical (unpaired) electrons. The number of nitrogens with one attached hydrogen (secondary N) is 2. The van der Waals surface area contributed by atoms with Crippen LogP contribution in [0.4, 0.5) is 4.79 Å². The van der Waals surface area contributed by atoms with Crippen LogP contribution in [0.5, 0.6) is 0 Å². The van der Waals surface area contributed by atoms with Gasteiger partial charge in [-0.1, -0.05) is 72.8 Å². The molecule has 6 heteroatoms. The summed E-state index contributed by atoms with van der Waals surface area (Å²) in [5.74, 6) is 0.425. The van der Waals surface area contributed by atoms with Crippen molar-refractivity contribution < 1.29 is 9.59 Å². The summed E-state index contributed by atoms with van der Waals surface area (Å²) in [6.07, 6.45) is 5.20. The summed E-state index contributed by atoms with van der Waals surface area (Å²) in [4.78, 5) is 28.4. The number of carbonyl (C=O) groups is 2. The molecule has 190 valence electrons. The third kappa shape index (κ3) is 7.31. The predicted molar refractivity (Wildman–Crippen MR) is 146 cm³/mol. The molecule has 0 spiro atoms. The lowest BCUT2D eigenvalue weighted by Gasteiger charge is -2.35. The van der Waals surface area contributed by atoms with E-state index in [-0.39, 0.29) is 11.9 Å². The van der Waals surface area contributed by atoms with Crippen molar-refractivity contribution in [3.63, 3.8) is 0 Å². The fraction of sp³-hybridized carbons (Fsp3) is 0.400. The molecule has 1 saturated heterocycles. The summed E-state index contributed by atoms with van der Waals surface area (Å²) >= 11 is 0. The van der Waals surface area contributed by atoms with Crippen molar-refractivity contribution in [1.29, 1.82) is 0 Å². The number of unbranched alkanes of at least 4 members (excludes halogenated alkanes) is 1. The van der Waals surface area contributed by atoms with E-state index in [4.69, 9.17) is 5.73 Å². The van der Waals surface area contributed by atoms with Gasteiger partial charge in [-0.25, -0.2) is 4.79 Å². The maximum atomic E-state index is 13.7. The molecule has 4 rings (SSSR count). The number of amides is 3. The van der Waals surface area contributed by atoms with Crippen LogP contribution in [-0.2, 0) is 17.6 Å². The number of nitrogens with two attached hydrogens (primary N) is 1. The van der Waals surface area contributed by atoms with E-state index in [0.717, 1.165) is 61.5 Å². The standard InChI is InChI=1S/C30H38N4O2/c31-16-6-7-17-32-30(36)33-28(21-24-14-15-26-12-4-5-13-27(26)20-24)29(35)34-18-8-11-25(22-34)19-23-9-2-1-3-10-23/h1-5,9-10,12-15,20,25,28H,6-8,11,16-19,21-22,31H2,(H2,32,33,36). The molecular formula is C30H38N4O2. The predicted octanol–water partition coefficient (Wildman–Crippen LogP) is 4.27. The molecule has 0 saturated carbocycles. The van der Waals surface area contributed by atoms with Crippen LogP contribution in [-0.4, -0.2) is 49.1 Å². The second kappa shape index (κ2) is 13.1. The first kappa shape index (κ1) is 25.7. The Hall–Kier alpha value is -3.38. The van der Waals surface area contributed by atoms with Gasteiger partial charge >= 0.3 is 6.03 Å². The molecule has 2 unspecified atom stereocenters. The Bertz CT molecular complexity index is 1130. The molecule has 36 heavy (non-hydrogen) atoms. The van der Waals surface area contributed by atoms with E-state index < -0.39 is 6.04 Å². The maximum absolute atomic E-state index is 13.7. The first-order chi connectivity index (χ1) is 17.6. The first-order valence-corrected chi connectivity index (χ1v) is 13.2. The Labute approximate surface area is 214 Å². The Morgan fingerprint density at radius 1 is 0.944 bits per heavy atom. The minimum Gasteiger partial charge on any atom is -0.341 e. The van der Waals surface area contributed by atoms with Crippen LogP contribution >= 0.6 is 0 Å². The van der Waals surface area contributed by atoms with E-state index in [9.17, 15) is 9.59 Å². The Balaban J connectivity index is 1.45. The Morgan fingerprint density at radius 2 is 1.72 bits per heavy atom. The number of hydrogen-bond donors (Lipinski definition) is 3. The van der Waals surface area contributed by atoms with Gasteiger partial charge in [0.15, 0.2) is 0 Å². The average molecular weight is 487 g/mol. The van der Waals surface area contributed by atoms with Crippen LogP contribution in [0.3, 0.4) is 0 Å². The van der Waals surface area contributed by atoms with Crippen molar-refractivity contribution in [3.05, 3.63) is 83.9 Å². The Kier molecular flexibility index (Phi) is 9.33. The fourth-order valence-electron chi connectivity index (χ4n) is 5.08. The van der Waals surface area contributed by atoms with Crippen molar-refractivity contribution in [2.24, 2.45) is 11.7 Å². The lowest BCUT2D eigenvalue weighted by atomic mass is 9.90. The minimum absolute atomic E-state index is 0.00183. The maximum Gasteiger partial charge on any atom is 0.315 e. The number of hydrogen-bond acceptors (Lipinski definition) is 3. The van der Waals surface area contributed by atoms with Gasteiger partial charge in [-0.15, -0.1) is 0 Å². The topological polar surface area (TPSA) is 87.5 Å². The number of urea groups is 1. The highest BCUT2D eigenvalue weighted by atomic mass is 16.2. The second-order valence-corrected chi connectivity index (χ2v) is 9.82. The molecule has 1 heterocycles. The van der Waals surface area contributed by atoms with E-state index in [1.165, 1.54) is 5.56 Å². The SMILES string of the molecule is NCCCCNC(=O)NC(Cc1ccc2ccccc2c1)C(=O)N1CCCC(Cc2ccccc2)C1. The highest BCUT2D eigenvalue weighted by Crippen LogP contribution is 2.23. The number of nitrogens with zero attached hydrogens (tertiary/aromatic N) is 1. The summed E-state index contributed by atoms with van der Waals surface area (Å²) < 4.78 is 0. The monoisotopic (exact) mass is 486 g/mol. The molecule has 2 atom stereocenters. The number of fused-ring (bicyclic) bond motifs is 1. The van der Waals surface area contributed by atoms with Gasteiger partial charge in [-0.05, 0) is 66.5 Å². The zero-order valence-corrected chi connectivity index (χ0v) is 21.0. The van der Waals surface area contributed by atoms with Crippen LogP contribution < -0.4 is 16.4 Å². The van der Waals surface area contributed by atoms with Gasteiger partial charge in [0.25, 0.3) is 0 Å². The molecule has 0 aromatic heterocycles. The molecule has 3 amide bonds. The van der Waals surface area contributed by atoms with E-state index in [1.54, 1.807) is 0 Å². The van der Waals surface area contributed by atoms with Gasteiger partial charge in [0.2, 0.25) is 5.91 Å². The summed E-state index contributed by atoms with van der Waals surface area (Å²) in [5, 5.41) is 8.16. The largest absolute Gasteiger partial charge is 0.341 e. The number of carbonyl (C=O) groups excluding carboxylic acids is 2. The van der Waals surface area contributed by atoms with Crippen molar-refractivity contribution in [2.45, 2.75) is 44.6 Å². The lowest BCUT2D eigenvalue weighted by molar-refractivity contribution is -0.135. The molecule has 1 aliphatic rings. The quantitative estimate of drug-likeness (QED) is 0.374. The van der Waals surface area contributed by atoms with Gasteiger partial charge in [0.05, 0.1) is 0 Å². The van der Waals surface area contributed by atoms with Crippen molar-refractivity contribution in [3.8, 4) is 0 Å². The molecule has 4 N–H and O–H groups in total. The zero-order valence-electron chi connectivity index (χ0n) is 21.0. The normalized spacial score (nSPS) is 16.5. The van der Waals surface area contributed by atoms with E-state index >= 15 is 0 Å². The highest BCUT2D eigenvalue weighted by molar-refractivity contribution is 5.88. The zero-order chi connectivity index (χ0) is 25.2. The van der Waals surface area contributed by atoms with Crippen molar-refractivity contribution in [1.82, 2.24) is 15.5 Å². The third-order valence-electron chi connectivity index (χ3n) is 6.97. The number of rotatable bonds is 10. The van der Waals surface area contributed by atoms with Gasteiger partial charge < -0.3 is 21.3 Å². The smallest absolute Gasteiger partial charge is 0.315 e. The summed E-state index contributed by atoms with van der Waals surface area (Å²) in [6, 6.07) is 24.0. The molecule has 3 aromatic rings. The number of benzene rings is 3. The molecule has 0 aliphatic carbocycles. The van der Waals surface area contributed by atoms with Gasteiger partial charge in [0.1, 0.15) is 6.04 Å². The van der Waals surface area contributed by atoms with Gasteiger partial charge in [-0.3, -0.25) is 4.79 Å². The van der Waals surface area contributed by atoms with Crippen molar-refractivity contribution >= 4 is 22.7 Å². The van der Waals surface area contributed by atoms with E-state index in [1.807, 2.05) is 23.1 Å². The van der Waals surface area contributed by atoms with Crippen LogP contribution in [0, 0.1) is 5.92 Å². The minimum atomic E-state index is -0.615. The average Bonchev–Trinajstić information content (AvgIpc) is 2.91. The van der Waals surface area contributed by atoms with Gasteiger partial charge in [-0.2, -0.15) is 0 Å². The number of piperidine rings is 1. The molecule has 1 fully saturated rings. The van der Waals surface area contributed by atoms with Crippen LogP contribution in [0.1, 0.15) is 36.8 Å². The van der Waals surface area contributed by atoms with E-state index in [2.05, 4.69) is 65.2 Å². The summed E-state index contributed by atoms with van der Waals surface area (Å²) in [6.45, 7) is 2.61. The molecule has 1 aliphatic heterocycles. The number of likely N-dealkylation sites (tertiary alicyclic amines) is 1. The van der Waals surface area contributed by atoms with Crippen LogP contribution in [0.2, 0.25) is 0 Å². The molecule has 6 nitrogen and oxygen atoms in total. The fourth-order valence-corrected chi connectivity index (χ4v) is 5.08. The van der Waals surface area contributed by atoms with Crippen molar-refractivity contribution in [2.75, 3.05) is 26.2 Å². The molecule has 3 aromatic carbocycles. The Morgan fingerprint density at radius 3 is 2.53 bits per heavy atom. The van der Waals surface area contributed by atoms with E-state index in [0.29, 0.717) is 25.4 Å². The summed E-state index contributed by atoms with van der Waals surface area (Å²) in [7, 11) is 0. The summed E-state index contributed by atoms with van der Waals surface area (Å²) in [5.41, 5.74) is 7.90. The molecule has 0 bridgehead atoms. The van der Waals surface area contributed by atoms with Gasteiger partial charge in [0, 0.05) is 26.1 Å². The van der Waals surface area contributed by atoms with Crippen LogP contribution in [0.25, 0.3) is 10.8 Å². The first-order valence-electron chi connectivity index (χ1n) is 13.2. The highest BCUT2D eigenvalue weighted by Gasteiger charge is 2.30. The lowest BCUT2D eigenvalue weighted by Crippen LogP contribution is -2.54. The third-order valence-corrected chi connectivity index (χ3v) is 6.97.